The lowest BCUT2D eigenvalue weighted by atomic mass is 10.5. The zero-order chi connectivity index (χ0) is 8.24. The molecule has 0 heterocycles. The fraction of sp³-hybridized carbons (Fsp3) is 1.00. The summed E-state index contributed by atoms with van der Waals surface area (Å²) in [6.07, 6.45) is 2.07. The Hall–Kier alpha value is -0.120. The first kappa shape index (κ1) is 12.5. The van der Waals surface area contributed by atoms with Crippen LogP contribution in [0.25, 0.3) is 0 Å². The molecular weight excluding hydrogens is 128 g/mol. The van der Waals surface area contributed by atoms with Gasteiger partial charge in [0.25, 0.3) is 0 Å². The van der Waals surface area contributed by atoms with Crippen LogP contribution in [0, 0.1) is 0 Å². The second-order valence-corrected chi connectivity index (χ2v) is 1.92. The van der Waals surface area contributed by atoms with Crippen molar-refractivity contribution in [3.8, 4) is 0 Å². The zero-order valence-electron chi connectivity index (χ0n) is 7.10. The largest absolute Gasteiger partial charge is 0.385 e. The van der Waals surface area contributed by atoms with E-state index in [1.54, 1.807) is 7.11 Å². The van der Waals surface area contributed by atoms with E-state index in [0.29, 0.717) is 0 Å². The summed E-state index contributed by atoms with van der Waals surface area (Å²) in [5, 5.41) is 0. The van der Waals surface area contributed by atoms with Crippen LogP contribution in [-0.2, 0) is 4.74 Å². The molecule has 0 atom stereocenters. The van der Waals surface area contributed by atoms with E-state index in [4.69, 9.17) is 16.2 Å². The topological polar surface area (TPSA) is 61.3 Å². The highest BCUT2D eigenvalue weighted by molar-refractivity contribution is 4.31. The van der Waals surface area contributed by atoms with Crippen LogP contribution >= 0.6 is 0 Å². The van der Waals surface area contributed by atoms with Gasteiger partial charge in [-0.1, -0.05) is 6.92 Å². The molecule has 0 aromatic carbocycles. The molecule has 4 N–H and O–H groups in total. The number of hydrogen-bond donors (Lipinski definition) is 2. The van der Waals surface area contributed by atoms with Gasteiger partial charge >= 0.3 is 0 Å². The summed E-state index contributed by atoms with van der Waals surface area (Å²) < 4.78 is 4.70. The summed E-state index contributed by atoms with van der Waals surface area (Å²) in [6.45, 7) is 4.39. The summed E-state index contributed by atoms with van der Waals surface area (Å²) >= 11 is 0. The number of methoxy groups -OCH3 is 1. The van der Waals surface area contributed by atoms with E-state index in [2.05, 4.69) is 6.92 Å². The van der Waals surface area contributed by atoms with Gasteiger partial charge in [-0.2, -0.15) is 0 Å². The molecule has 0 saturated carbocycles. The van der Waals surface area contributed by atoms with Gasteiger partial charge in [0, 0.05) is 13.7 Å². The van der Waals surface area contributed by atoms with E-state index in [1.165, 1.54) is 0 Å². The molecule has 0 amide bonds. The minimum absolute atomic E-state index is 0.730. The predicted octanol–water partition coefficient (Wildman–Crippen LogP) is 0.337. The van der Waals surface area contributed by atoms with Gasteiger partial charge in [0.1, 0.15) is 0 Å². The van der Waals surface area contributed by atoms with Crippen molar-refractivity contribution in [3.63, 3.8) is 0 Å². The van der Waals surface area contributed by atoms with Gasteiger partial charge in [0.2, 0.25) is 0 Å². The highest BCUT2D eigenvalue weighted by atomic mass is 16.5. The number of nitrogens with two attached hydrogens (primary N) is 2. The van der Waals surface area contributed by atoms with Gasteiger partial charge in [-0.05, 0) is 25.9 Å². The van der Waals surface area contributed by atoms with Crippen molar-refractivity contribution in [2.75, 3.05) is 26.8 Å². The van der Waals surface area contributed by atoms with Crippen LogP contribution in [0.2, 0.25) is 0 Å². The van der Waals surface area contributed by atoms with Crippen LogP contribution in [0.3, 0.4) is 0 Å². The monoisotopic (exact) mass is 148 g/mol. The SMILES string of the molecule is CCCN.COCCCN. The molecule has 0 aromatic rings. The second kappa shape index (κ2) is 15.9. The first-order valence-corrected chi connectivity index (χ1v) is 3.72. The Labute approximate surface area is 63.7 Å². The van der Waals surface area contributed by atoms with Gasteiger partial charge in [-0.25, -0.2) is 0 Å². The molecule has 10 heavy (non-hydrogen) atoms. The maximum absolute atomic E-state index is 5.13. The van der Waals surface area contributed by atoms with E-state index in [9.17, 15) is 0 Å². The Balaban J connectivity index is 0. The summed E-state index contributed by atoms with van der Waals surface area (Å²) in [5.74, 6) is 0. The third kappa shape index (κ3) is 24.8. The van der Waals surface area contributed by atoms with E-state index < -0.39 is 0 Å². The van der Waals surface area contributed by atoms with Gasteiger partial charge in [-0.15, -0.1) is 0 Å². The van der Waals surface area contributed by atoms with E-state index in [-0.39, 0.29) is 0 Å². The molecule has 0 spiro atoms. The molecule has 3 nitrogen and oxygen atoms in total. The standard InChI is InChI=1S/C4H11NO.C3H9N/c1-6-4-2-3-5;1-2-3-4/h2-5H2,1H3;2-4H2,1H3. The van der Waals surface area contributed by atoms with Crippen molar-refractivity contribution in [1.82, 2.24) is 0 Å². The summed E-state index contributed by atoms with van der Waals surface area (Å²) in [6, 6.07) is 0. The minimum atomic E-state index is 0.730. The Kier molecular flexibility index (Phi) is 20.0. The Bertz CT molecular complexity index is 36.6. The van der Waals surface area contributed by atoms with Gasteiger partial charge in [0.15, 0.2) is 0 Å². The Morgan fingerprint density at radius 2 is 1.70 bits per heavy atom. The third-order valence-electron chi connectivity index (χ3n) is 0.841. The normalized spacial score (nSPS) is 8.40. The Morgan fingerprint density at radius 1 is 1.20 bits per heavy atom. The number of hydrogen-bond acceptors (Lipinski definition) is 3. The molecule has 0 bridgehead atoms. The first-order valence-electron chi connectivity index (χ1n) is 3.72. The maximum Gasteiger partial charge on any atom is 0.0474 e. The van der Waals surface area contributed by atoms with Crippen molar-refractivity contribution < 1.29 is 4.74 Å². The third-order valence-corrected chi connectivity index (χ3v) is 0.841. The molecule has 0 aliphatic rings. The fourth-order valence-corrected chi connectivity index (χ4v) is 0.228. The molecule has 0 aromatic heterocycles. The molecule has 0 unspecified atom stereocenters. The fourth-order valence-electron chi connectivity index (χ4n) is 0.228. The van der Waals surface area contributed by atoms with Crippen LogP contribution in [0.4, 0.5) is 0 Å². The first-order chi connectivity index (χ1) is 4.83. The van der Waals surface area contributed by atoms with Crippen LogP contribution in [-0.4, -0.2) is 26.8 Å². The van der Waals surface area contributed by atoms with Crippen molar-refractivity contribution in [3.05, 3.63) is 0 Å². The highest BCUT2D eigenvalue weighted by Crippen LogP contribution is 1.70. The van der Waals surface area contributed by atoms with Crippen LogP contribution in [0.15, 0.2) is 0 Å². The minimum Gasteiger partial charge on any atom is -0.385 e. The number of rotatable bonds is 4. The van der Waals surface area contributed by atoms with Crippen molar-refractivity contribution in [1.29, 1.82) is 0 Å². The average molecular weight is 148 g/mol. The molecule has 0 saturated heterocycles. The van der Waals surface area contributed by atoms with Gasteiger partial charge in [0.05, 0.1) is 0 Å². The second-order valence-electron chi connectivity index (χ2n) is 1.92. The highest BCUT2D eigenvalue weighted by Gasteiger charge is 1.74. The molecular formula is C7H20N2O. The molecule has 64 valence electrons. The predicted molar refractivity (Wildman–Crippen MR) is 44.9 cm³/mol. The molecule has 0 fully saturated rings. The number of ether oxygens (including phenoxy) is 1. The molecule has 0 aliphatic heterocycles. The quantitative estimate of drug-likeness (QED) is 0.565. The summed E-state index contributed by atoms with van der Waals surface area (Å²) in [5.41, 5.74) is 10.2. The lowest BCUT2D eigenvalue weighted by molar-refractivity contribution is 0.197. The maximum atomic E-state index is 5.13. The summed E-state index contributed by atoms with van der Waals surface area (Å²) in [7, 11) is 1.68. The lowest BCUT2D eigenvalue weighted by Crippen LogP contribution is -2.01. The smallest absolute Gasteiger partial charge is 0.0474 e. The van der Waals surface area contributed by atoms with Crippen LogP contribution < -0.4 is 11.5 Å². The van der Waals surface area contributed by atoms with E-state index in [1.807, 2.05) is 0 Å². The Morgan fingerprint density at radius 3 is 1.80 bits per heavy atom. The van der Waals surface area contributed by atoms with Crippen molar-refractivity contribution in [2.45, 2.75) is 19.8 Å². The van der Waals surface area contributed by atoms with Crippen LogP contribution in [0.5, 0.6) is 0 Å². The van der Waals surface area contributed by atoms with Gasteiger partial charge in [-0.3, -0.25) is 0 Å². The average Bonchev–Trinajstić information content (AvgIpc) is 2.01. The zero-order valence-corrected chi connectivity index (χ0v) is 7.10. The summed E-state index contributed by atoms with van der Waals surface area (Å²) in [4.78, 5) is 0. The van der Waals surface area contributed by atoms with Crippen molar-refractivity contribution >= 4 is 0 Å². The van der Waals surface area contributed by atoms with E-state index in [0.717, 1.165) is 32.5 Å². The molecule has 3 heteroatoms. The molecule has 0 aliphatic carbocycles. The van der Waals surface area contributed by atoms with Crippen LogP contribution in [0.1, 0.15) is 19.8 Å². The van der Waals surface area contributed by atoms with Gasteiger partial charge < -0.3 is 16.2 Å². The molecule has 0 radical (unpaired) electrons. The lowest BCUT2D eigenvalue weighted by Gasteiger charge is -1.89. The molecule has 0 rings (SSSR count). The van der Waals surface area contributed by atoms with Crippen molar-refractivity contribution in [2.24, 2.45) is 11.5 Å². The van der Waals surface area contributed by atoms with E-state index >= 15 is 0 Å².